The molecule has 16 heavy (non-hydrogen) atoms. The van der Waals surface area contributed by atoms with Gasteiger partial charge in [0.2, 0.25) is 6.41 Å². The Morgan fingerprint density at radius 3 is 3.12 bits per heavy atom. The van der Waals surface area contributed by atoms with E-state index in [0.717, 1.165) is 31.7 Å². The first-order valence-electron chi connectivity index (χ1n) is 5.14. The summed E-state index contributed by atoms with van der Waals surface area (Å²) >= 11 is 0. The minimum atomic E-state index is 0.204. The number of carbonyl (C=O) groups excluding carboxylic acids is 1. The van der Waals surface area contributed by atoms with Crippen molar-refractivity contribution in [2.24, 2.45) is 0 Å². The van der Waals surface area contributed by atoms with Crippen molar-refractivity contribution >= 4 is 12.2 Å². The first-order valence-corrected chi connectivity index (χ1v) is 5.14. The van der Waals surface area contributed by atoms with Crippen LogP contribution in [0.2, 0.25) is 0 Å². The maximum Gasteiger partial charge on any atom is 0.207 e. The van der Waals surface area contributed by atoms with Gasteiger partial charge in [-0.25, -0.2) is 4.98 Å². The second-order valence-corrected chi connectivity index (χ2v) is 3.73. The lowest BCUT2D eigenvalue weighted by Crippen LogP contribution is -2.31. The average molecular weight is 216 g/mol. The molecule has 5 heteroatoms. The highest BCUT2D eigenvalue weighted by atomic mass is 16.1. The molecule has 5 nitrogen and oxygen atoms in total. The summed E-state index contributed by atoms with van der Waals surface area (Å²) in [5, 5.41) is 11.4. The fourth-order valence-corrected chi connectivity index (χ4v) is 1.84. The number of hydrogen-bond acceptors (Lipinski definition) is 4. The van der Waals surface area contributed by atoms with Crippen molar-refractivity contribution in [1.29, 1.82) is 5.26 Å². The summed E-state index contributed by atoms with van der Waals surface area (Å²) in [6.07, 6.45) is 3.23. The highest BCUT2D eigenvalue weighted by molar-refractivity contribution is 5.48. The minimum Gasteiger partial charge on any atom is -0.354 e. The number of nitrogens with one attached hydrogen (secondary N) is 1. The Hall–Kier alpha value is -2.09. The Morgan fingerprint density at radius 1 is 1.62 bits per heavy atom. The summed E-state index contributed by atoms with van der Waals surface area (Å²) < 4.78 is 0. The van der Waals surface area contributed by atoms with Gasteiger partial charge < -0.3 is 10.2 Å². The molecule has 2 heterocycles. The normalized spacial score (nSPS) is 19.2. The van der Waals surface area contributed by atoms with Crippen LogP contribution in [0.15, 0.2) is 18.3 Å². The van der Waals surface area contributed by atoms with Crippen molar-refractivity contribution in [3.63, 3.8) is 0 Å². The molecule has 1 aliphatic rings. The largest absolute Gasteiger partial charge is 0.354 e. The lowest BCUT2D eigenvalue weighted by atomic mass is 10.3. The molecule has 0 bridgehead atoms. The van der Waals surface area contributed by atoms with Gasteiger partial charge in [-0.05, 0) is 18.6 Å². The number of anilines is 1. The second-order valence-electron chi connectivity index (χ2n) is 3.73. The van der Waals surface area contributed by atoms with Gasteiger partial charge in [0, 0.05) is 25.3 Å². The highest BCUT2D eigenvalue weighted by Crippen LogP contribution is 2.17. The van der Waals surface area contributed by atoms with E-state index >= 15 is 0 Å². The van der Waals surface area contributed by atoms with Crippen molar-refractivity contribution in [2.75, 3.05) is 18.0 Å². The predicted molar refractivity (Wildman–Crippen MR) is 58.8 cm³/mol. The van der Waals surface area contributed by atoms with Crippen LogP contribution in [0.3, 0.4) is 0 Å². The SMILES string of the molecule is N#Cc1ccc(N2CCC(NC=O)C2)nc1. The van der Waals surface area contributed by atoms with E-state index in [-0.39, 0.29) is 6.04 Å². The lowest BCUT2D eigenvalue weighted by molar-refractivity contribution is -0.110. The van der Waals surface area contributed by atoms with Crippen molar-refractivity contribution < 1.29 is 4.79 Å². The highest BCUT2D eigenvalue weighted by Gasteiger charge is 2.22. The van der Waals surface area contributed by atoms with Gasteiger partial charge in [-0.1, -0.05) is 0 Å². The van der Waals surface area contributed by atoms with Crippen LogP contribution in [0.25, 0.3) is 0 Å². The monoisotopic (exact) mass is 216 g/mol. The van der Waals surface area contributed by atoms with E-state index in [2.05, 4.69) is 15.2 Å². The summed E-state index contributed by atoms with van der Waals surface area (Å²) in [6.45, 7) is 1.65. The van der Waals surface area contributed by atoms with E-state index in [1.54, 1.807) is 12.3 Å². The molecule has 1 atom stereocenters. The van der Waals surface area contributed by atoms with Crippen LogP contribution in [0.5, 0.6) is 0 Å². The average Bonchev–Trinajstić information content (AvgIpc) is 2.78. The number of hydrogen-bond donors (Lipinski definition) is 1. The van der Waals surface area contributed by atoms with Crippen LogP contribution in [-0.4, -0.2) is 30.5 Å². The van der Waals surface area contributed by atoms with Crippen LogP contribution in [-0.2, 0) is 4.79 Å². The van der Waals surface area contributed by atoms with E-state index in [4.69, 9.17) is 5.26 Å². The Labute approximate surface area is 93.7 Å². The number of nitrogens with zero attached hydrogens (tertiary/aromatic N) is 3. The third-order valence-corrected chi connectivity index (χ3v) is 2.69. The quantitative estimate of drug-likeness (QED) is 0.737. The summed E-state index contributed by atoms with van der Waals surface area (Å²) in [5.41, 5.74) is 0.561. The van der Waals surface area contributed by atoms with E-state index < -0.39 is 0 Å². The zero-order chi connectivity index (χ0) is 11.4. The topological polar surface area (TPSA) is 69.0 Å². The van der Waals surface area contributed by atoms with Crippen molar-refractivity contribution in [3.05, 3.63) is 23.9 Å². The van der Waals surface area contributed by atoms with Crippen LogP contribution in [0, 0.1) is 11.3 Å². The molecule has 0 radical (unpaired) electrons. The Morgan fingerprint density at radius 2 is 2.50 bits per heavy atom. The van der Waals surface area contributed by atoms with Gasteiger partial charge in [0.25, 0.3) is 0 Å². The number of amides is 1. The van der Waals surface area contributed by atoms with Gasteiger partial charge >= 0.3 is 0 Å². The van der Waals surface area contributed by atoms with Crippen LogP contribution in [0.4, 0.5) is 5.82 Å². The summed E-state index contributed by atoms with van der Waals surface area (Å²) in [4.78, 5) is 16.6. The van der Waals surface area contributed by atoms with Crippen LogP contribution >= 0.6 is 0 Å². The maximum absolute atomic E-state index is 10.3. The van der Waals surface area contributed by atoms with Crippen LogP contribution < -0.4 is 10.2 Å². The number of nitriles is 1. The minimum absolute atomic E-state index is 0.204. The zero-order valence-electron chi connectivity index (χ0n) is 8.76. The molecule has 2 rings (SSSR count). The summed E-state index contributed by atoms with van der Waals surface area (Å²) in [7, 11) is 0. The van der Waals surface area contributed by atoms with Gasteiger partial charge in [0.15, 0.2) is 0 Å². The van der Waals surface area contributed by atoms with Crippen LogP contribution in [0.1, 0.15) is 12.0 Å². The Kier molecular flexibility index (Phi) is 3.01. The molecule has 1 unspecified atom stereocenters. The van der Waals surface area contributed by atoms with E-state index in [0.29, 0.717) is 5.56 Å². The van der Waals surface area contributed by atoms with Gasteiger partial charge in [-0.15, -0.1) is 0 Å². The lowest BCUT2D eigenvalue weighted by Gasteiger charge is -2.16. The fraction of sp³-hybridized carbons (Fsp3) is 0.364. The molecule has 0 aliphatic carbocycles. The number of aromatic nitrogens is 1. The van der Waals surface area contributed by atoms with Gasteiger partial charge in [0.1, 0.15) is 11.9 Å². The van der Waals surface area contributed by atoms with Crippen molar-refractivity contribution in [1.82, 2.24) is 10.3 Å². The summed E-state index contributed by atoms with van der Waals surface area (Å²) in [5.74, 6) is 0.856. The number of pyridine rings is 1. The molecule has 1 amide bonds. The Balaban J connectivity index is 2.03. The zero-order valence-corrected chi connectivity index (χ0v) is 8.76. The molecule has 1 fully saturated rings. The molecule has 1 aliphatic heterocycles. The molecule has 0 saturated carbocycles. The maximum atomic E-state index is 10.3. The van der Waals surface area contributed by atoms with Gasteiger partial charge in [-0.2, -0.15) is 5.26 Å². The first-order chi connectivity index (χ1) is 7.83. The summed E-state index contributed by atoms with van der Waals surface area (Å²) in [6, 6.07) is 5.83. The van der Waals surface area contributed by atoms with Gasteiger partial charge in [0.05, 0.1) is 5.56 Å². The molecule has 0 aromatic carbocycles. The molecule has 1 aromatic heterocycles. The Bertz CT molecular complexity index is 409. The standard InChI is InChI=1S/C11H12N4O/c12-5-9-1-2-11(13-6-9)15-4-3-10(7-15)14-8-16/h1-2,6,8,10H,3-4,7H2,(H,14,16). The predicted octanol–water partition coefficient (Wildman–Crippen LogP) is 0.278. The van der Waals surface area contributed by atoms with Gasteiger partial charge in [-0.3, -0.25) is 4.79 Å². The first kappa shape index (κ1) is 10.4. The molecule has 1 aromatic rings. The molecular formula is C11H12N4O. The smallest absolute Gasteiger partial charge is 0.207 e. The molecule has 0 spiro atoms. The van der Waals surface area contributed by atoms with Crippen molar-refractivity contribution in [2.45, 2.75) is 12.5 Å². The van der Waals surface area contributed by atoms with E-state index in [1.165, 1.54) is 0 Å². The number of rotatable bonds is 3. The molecule has 1 N–H and O–H groups in total. The molecule has 82 valence electrons. The molecular weight excluding hydrogens is 204 g/mol. The van der Waals surface area contributed by atoms with E-state index in [1.807, 2.05) is 12.1 Å². The number of carbonyl (C=O) groups is 1. The van der Waals surface area contributed by atoms with Crippen molar-refractivity contribution in [3.8, 4) is 6.07 Å². The molecule has 1 saturated heterocycles. The second kappa shape index (κ2) is 4.62. The van der Waals surface area contributed by atoms with E-state index in [9.17, 15) is 4.79 Å². The fourth-order valence-electron chi connectivity index (χ4n) is 1.84. The third kappa shape index (κ3) is 2.11. The third-order valence-electron chi connectivity index (χ3n) is 2.69.